The van der Waals surface area contributed by atoms with Crippen LogP contribution < -0.4 is 5.32 Å². The summed E-state index contributed by atoms with van der Waals surface area (Å²) >= 11 is 6.19. The molecule has 5 heteroatoms. The van der Waals surface area contributed by atoms with Crippen LogP contribution in [0.4, 0.5) is 5.69 Å². The summed E-state index contributed by atoms with van der Waals surface area (Å²) in [5.41, 5.74) is 2.13. The monoisotopic (exact) mass is 302 g/mol. The van der Waals surface area contributed by atoms with Crippen LogP contribution in [0.25, 0.3) is 5.69 Å². The first-order valence-corrected chi connectivity index (χ1v) is 7.96. The molecule has 110 valence electrons. The lowest BCUT2D eigenvalue weighted by atomic mass is 9.84. The molecule has 0 saturated carbocycles. The van der Waals surface area contributed by atoms with Crippen molar-refractivity contribution in [1.82, 2.24) is 14.7 Å². The third kappa shape index (κ3) is 2.54. The van der Waals surface area contributed by atoms with Gasteiger partial charge in [-0.3, -0.25) is 0 Å². The highest BCUT2D eigenvalue weighted by molar-refractivity contribution is 6.31. The molecule has 0 amide bonds. The van der Waals surface area contributed by atoms with Gasteiger partial charge in [-0.25, -0.2) is 4.68 Å². The van der Waals surface area contributed by atoms with Crippen molar-refractivity contribution in [3.63, 3.8) is 0 Å². The molecular formula is C16H19ClN4. The Morgan fingerprint density at radius 1 is 1.24 bits per heavy atom. The highest BCUT2D eigenvalue weighted by Gasteiger charge is 2.34. The summed E-state index contributed by atoms with van der Waals surface area (Å²) in [6, 6.07) is 8.41. The number of nitrogens with one attached hydrogen (secondary N) is 1. The first-order chi connectivity index (χ1) is 10.3. The fourth-order valence-corrected chi connectivity index (χ4v) is 3.74. The molecule has 0 aliphatic carbocycles. The Morgan fingerprint density at radius 2 is 2.10 bits per heavy atom. The van der Waals surface area contributed by atoms with Crippen LogP contribution in [0.5, 0.6) is 0 Å². The van der Waals surface area contributed by atoms with Gasteiger partial charge in [0.25, 0.3) is 0 Å². The molecule has 4 heterocycles. The van der Waals surface area contributed by atoms with Crippen LogP contribution in [0, 0.1) is 5.92 Å². The zero-order chi connectivity index (χ0) is 14.2. The molecule has 21 heavy (non-hydrogen) atoms. The number of piperidine rings is 3. The summed E-state index contributed by atoms with van der Waals surface area (Å²) in [6.45, 7) is 3.64. The van der Waals surface area contributed by atoms with Gasteiger partial charge in [0.15, 0.2) is 0 Å². The Hall–Kier alpha value is -1.52. The molecule has 0 spiro atoms. The quantitative estimate of drug-likeness (QED) is 0.946. The van der Waals surface area contributed by atoms with E-state index < -0.39 is 0 Å². The van der Waals surface area contributed by atoms with Crippen LogP contribution in [-0.4, -0.2) is 40.4 Å². The van der Waals surface area contributed by atoms with E-state index in [4.69, 9.17) is 11.6 Å². The maximum atomic E-state index is 6.19. The summed E-state index contributed by atoms with van der Waals surface area (Å²) in [4.78, 5) is 2.55. The molecule has 2 aromatic rings. The van der Waals surface area contributed by atoms with Gasteiger partial charge in [0.1, 0.15) is 0 Å². The lowest BCUT2D eigenvalue weighted by Crippen LogP contribution is -2.53. The molecule has 3 aliphatic heterocycles. The second-order valence-electron chi connectivity index (χ2n) is 6.00. The van der Waals surface area contributed by atoms with Crippen molar-refractivity contribution in [3.8, 4) is 5.69 Å². The van der Waals surface area contributed by atoms with Crippen molar-refractivity contribution in [2.45, 2.75) is 18.9 Å². The van der Waals surface area contributed by atoms with Crippen molar-refractivity contribution in [1.29, 1.82) is 0 Å². The van der Waals surface area contributed by atoms with E-state index >= 15 is 0 Å². The van der Waals surface area contributed by atoms with Crippen LogP contribution in [0.15, 0.2) is 36.7 Å². The molecule has 1 atom stereocenters. The van der Waals surface area contributed by atoms with E-state index in [1.54, 1.807) is 6.20 Å². The van der Waals surface area contributed by atoms with Gasteiger partial charge in [-0.15, -0.1) is 0 Å². The lowest BCUT2D eigenvalue weighted by Gasteiger charge is -2.45. The highest BCUT2D eigenvalue weighted by Crippen LogP contribution is 2.32. The number of anilines is 1. The van der Waals surface area contributed by atoms with Crippen LogP contribution in [0.3, 0.4) is 0 Å². The minimum absolute atomic E-state index is 0.514. The van der Waals surface area contributed by atoms with Crippen molar-refractivity contribution < 1.29 is 0 Å². The number of nitrogens with zero attached hydrogens (tertiary/aromatic N) is 3. The smallest absolute Gasteiger partial charge is 0.0877 e. The summed E-state index contributed by atoms with van der Waals surface area (Å²) in [5, 5.41) is 8.82. The predicted octanol–water partition coefficient (Wildman–Crippen LogP) is 3.03. The molecule has 1 N–H and O–H groups in total. The topological polar surface area (TPSA) is 33.1 Å². The van der Waals surface area contributed by atoms with Gasteiger partial charge in [0, 0.05) is 30.0 Å². The minimum Gasteiger partial charge on any atom is -0.379 e. The van der Waals surface area contributed by atoms with Crippen LogP contribution >= 0.6 is 11.6 Å². The standard InChI is InChI=1S/C16H19ClN4/c17-13-2-3-16(21-7-1-6-18-21)14(10-13)19-15-11-20-8-4-12(15)5-9-20/h1-3,6-7,10,12,15,19H,4-5,8-9,11H2. The van der Waals surface area contributed by atoms with E-state index in [1.165, 1.54) is 25.9 Å². The number of fused-ring (bicyclic) bond motifs is 3. The molecule has 1 aromatic heterocycles. The van der Waals surface area contributed by atoms with E-state index in [0.29, 0.717) is 6.04 Å². The summed E-state index contributed by atoms with van der Waals surface area (Å²) < 4.78 is 1.89. The van der Waals surface area contributed by atoms with Gasteiger partial charge in [0.2, 0.25) is 0 Å². The maximum absolute atomic E-state index is 6.19. The second-order valence-corrected chi connectivity index (χ2v) is 6.44. The van der Waals surface area contributed by atoms with Crippen LogP contribution in [0.1, 0.15) is 12.8 Å². The molecule has 1 unspecified atom stereocenters. The first kappa shape index (κ1) is 13.2. The molecule has 3 aliphatic rings. The fraction of sp³-hybridized carbons (Fsp3) is 0.438. The van der Waals surface area contributed by atoms with E-state index in [1.807, 2.05) is 35.1 Å². The Bertz CT molecular complexity index is 617. The van der Waals surface area contributed by atoms with Gasteiger partial charge in [-0.1, -0.05) is 11.6 Å². The third-order valence-corrected chi connectivity index (χ3v) is 4.94. The Labute approximate surface area is 129 Å². The SMILES string of the molecule is Clc1ccc(-n2cccn2)c(NC2CN3CCC2CC3)c1. The first-order valence-electron chi connectivity index (χ1n) is 7.58. The molecule has 3 fully saturated rings. The van der Waals surface area contributed by atoms with Gasteiger partial charge >= 0.3 is 0 Å². The molecule has 0 radical (unpaired) electrons. The average molecular weight is 303 g/mol. The number of aromatic nitrogens is 2. The zero-order valence-electron chi connectivity index (χ0n) is 11.9. The summed E-state index contributed by atoms with van der Waals surface area (Å²) in [7, 11) is 0. The lowest BCUT2D eigenvalue weighted by molar-refractivity contribution is 0.0975. The Kier molecular flexibility index (Phi) is 3.36. The average Bonchev–Trinajstić information content (AvgIpc) is 3.03. The fourth-order valence-electron chi connectivity index (χ4n) is 3.56. The van der Waals surface area contributed by atoms with Crippen LogP contribution in [0.2, 0.25) is 5.02 Å². The number of halogens is 1. The Balaban J connectivity index is 1.63. The third-order valence-electron chi connectivity index (χ3n) is 4.71. The van der Waals surface area contributed by atoms with Crippen LogP contribution in [-0.2, 0) is 0 Å². The maximum Gasteiger partial charge on any atom is 0.0877 e. The Morgan fingerprint density at radius 3 is 2.76 bits per heavy atom. The van der Waals surface area contributed by atoms with Gasteiger partial charge < -0.3 is 10.2 Å². The molecule has 2 bridgehead atoms. The van der Waals surface area contributed by atoms with Crippen molar-refractivity contribution in [3.05, 3.63) is 41.7 Å². The number of rotatable bonds is 3. The molecule has 5 rings (SSSR count). The van der Waals surface area contributed by atoms with E-state index in [0.717, 1.165) is 28.9 Å². The van der Waals surface area contributed by atoms with E-state index in [9.17, 15) is 0 Å². The van der Waals surface area contributed by atoms with E-state index in [-0.39, 0.29) is 0 Å². The van der Waals surface area contributed by atoms with Crippen molar-refractivity contribution in [2.75, 3.05) is 25.0 Å². The van der Waals surface area contributed by atoms with Gasteiger partial charge in [0.05, 0.1) is 11.4 Å². The molecule has 3 saturated heterocycles. The summed E-state index contributed by atoms with van der Waals surface area (Å²) in [6.07, 6.45) is 6.36. The predicted molar refractivity (Wildman–Crippen MR) is 85.1 cm³/mol. The normalized spacial score (nSPS) is 27.8. The number of benzene rings is 1. The zero-order valence-corrected chi connectivity index (χ0v) is 12.6. The second kappa shape index (κ2) is 5.35. The minimum atomic E-state index is 0.514. The van der Waals surface area contributed by atoms with Gasteiger partial charge in [-0.05, 0) is 56.1 Å². The molecular weight excluding hydrogens is 284 g/mol. The number of hydrogen-bond donors (Lipinski definition) is 1. The van der Waals surface area contributed by atoms with E-state index in [2.05, 4.69) is 15.3 Å². The largest absolute Gasteiger partial charge is 0.379 e. The molecule has 1 aromatic carbocycles. The number of hydrogen-bond acceptors (Lipinski definition) is 3. The van der Waals surface area contributed by atoms with Crippen molar-refractivity contribution >= 4 is 17.3 Å². The van der Waals surface area contributed by atoms with Crippen molar-refractivity contribution in [2.24, 2.45) is 5.92 Å². The molecule has 4 nitrogen and oxygen atoms in total. The van der Waals surface area contributed by atoms with Gasteiger partial charge in [-0.2, -0.15) is 5.10 Å². The highest BCUT2D eigenvalue weighted by atomic mass is 35.5. The summed E-state index contributed by atoms with van der Waals surface area (Å²) in [5.74, 6) is 0.777.